The van der Waals surface area contributed by atoms with Gasteiger partial charge in [0.1, 0.15) is 17.6 Å². The van der Waals surface area contributed by atoms with Crippen LogP contribution in [0, 0.1) is 5.92 Å². The molecule has 0 aromatic carbocycles. The van der Waals surface area contributed by atoms with E-state index < -0.39 is 18.0 Å². The highest BCUT2D eigenvalue weighted by Gasteiger charge is 2.66. The molecule has 3 atom stereocenters. The monoisotopic (exact) mass is 202 g/mol. The minimum absolute atomic E-state index is 0.154. The lowest BCUT2D eigenvalue weighted by molar-refractivity contribution is -0.0268. The number of nitrogens with one attached hydrogen (secondary N) is 1. The Morgan fingerprint density at radius 2 is 2.29 bits per heavy atom. The van der Waals surface area contributed by atoms with E-state index >= 15 is 0 Å². The number of nitrogens with zero attached hydrogens (tertiary/aromatic N) is 1. The van der Waals surface area contributed by atoms with Crippen LogP contribution in [0.2, 0.25) is 0 Å². The second kappa shape index (κ2) is 2.15. The first-order valence-corrected chi connectivity index (χ1v) is 4.64. The summed E-state index contributed by atoms with van der Waals surface area (Å²) in [5, 5.41) is 5.91. The zero-order valence-corrected chi connectivity index (χ0v) is 7.52. The summed E-state index contributed by atoms with van der Waals surface area (Å²) in [5.74, 6) is -3.59. The quantitative estimate of drug-likeness (QED) is 0.745. The molecule has 0 aliphatic heterocycles. The molecule has 3 rings (SSSR count). The second-order valence-corrected chi connectivity index (χ2v) is 4.09. The molecule has 76 valence electrons. The predicted molar refractivity (Wildman–Crippen MR) is 42.9 cm³/mol. The smallest absolute Gasteiger partial charge is 0.276 e. The van der Waals surface area contributed by atoms with Gasteiger partial charge in [-0.15, -0.1) is 0 Å². The molecule has 0 radical (unpaired) electrons. The molecule has 2 aliphatic rings. The average molecular weight is 202 g/mol. The molecule has 5 heteroatoms. The maximum atomic E-state index is 13.5. The molecule has 14 heavy (non-hydrogen) atoms. The van der Waals surface area contributed by atoms with E-state index in [9.17, 15) is 13.2 Å². The highest BCUT2D eigenvalue weighted by Crippen LogP contribution is 2.67. The fourth-order valence-corrected chi connectivity index (χ4v) is 2.40. The van der Waals surface area contributed by atoms with E-state index in [-0.39, 0.29) is 17.3 Å². The molecule has 1 aromatic heterocycles. The van der Waals surface area contributed by atoms with E-state index in [1.807, 2.05) is 0 Å². The van der Waals surface area contributed by atoms with Crippen LogP contribution in [0.25, 0.3) is 0 Å². The van der Waals surface area contributed by atoms with Crippen molar-refractivity contribution in [1.82, 2.24) is 10.2 Å². The van der Waals surface area contributed by atoms with Gasteiger partial charge < -0.3 is 0 Å². The number of hydrogen-bond acceptors (Lipinski definition) is 1. The highest BCUT2D eigenvalue weighted by atomic mass is 19.3. The van der Waals surface area contributed by atoms with Crippen molar-refractivity contribution in [2.75, 3.05) is 0 Å². The van der Waals surface area contributed by atoms with Gasteiger partial charge in [0, 0.05) is 11.5 Å². The average Bonchev–Trinajstić information content (AvgIpc) is 2.70. The van der Waals surface area contributed by atoms with Gasteiger partial charge >= 0.3 is 0 Å². The summed E-state index contributed by atoms with van der Waals surface area (Å²) in [6, 6.07) is 0. The van der Waals surface area contributed by atoms with Crippen LogP contribution in [0.4, 0.5) is 13.2 Å². The van der Waals surface area contributed by atoms with Crippen LogP contribution in [0.1, 0.15) is 42.4 Å². The Bertz CT molecular complexity index is 397. The minimum Gasteiger partial charge on any atom is -0.276 e. The van der Waals surface area contributed by atoms with Crippen molar-refractivity contribution >= 4 is 0 Å². The standard InChI is InChI=1S/C9H9F3N2/c1-3(10)7-6-4-2-5(4)9(11,12)8(6)14-13-7/h3-5H,2H2,1H3,(H,13,14). The number of hydrogen-bond donors (Lipinski definition) is 1. The number of H-pyrrole nitrogens is 1. The van der Waals surface area contributed by atoms with E-state index in [1.165, 1.54) is 6.92 Å². The third kappa shape index (κ3) is 0.762. The van der Waals surface area contributed by atoms with Gasteiger partial charge in [-0.1, -0.05) is 0 Å². The maximum absolute atomic E-state index is 13.5. The number of fused-ring (bicyclic) bond motifs is 3. The molecule has 0 bridgehead atoms. The van der Waals surface area contributed by atoms with Crippen molar-refractivity contribution in [2.24, 2.45) is 5.92 Å². The van der Waals surface area contributed by atoms with Gasteiger partial charge in [0.05, 0.1) is 0 Å². The molecule has 1 heterocycles. The number of aromatic nitrogens is 2. The SMILES string of the molecule is CC(F)c1n[nH]c2c1C1CC1C2(F)F. The summed E-state index contributed by atoms with van der Waals surface area (Å²) >= 11 is 0. The summed E-state index contributed by atoms with van der Waals surface area (Å²) in [6.45, 7) is 1.32. The Labute approximate surface area is 78.5 Å². The van der Waals surface area contributed by atoms with Crippen LogP contribution >= 0.6 is 0 Å². The third-order valence-corrected chi connectivity index (χ3v) is 3.17. The first-order chi connectivity index (χ1) is 6.53. The molecular formula is C9H9F3N2. The van der Waals surface area contributed by atoms with Gasteiger partial charge in [-0.2, -0.15) is 13.9 Å². The summed E-state index contributed by atoms with van der Waals surface area (Å²) in [7, 11) is 0. The topological polar surface area (TPSA) is 28.7 Å². The normalized spacial score (nSPS) is 33.7. The Hall–Kier alpha value is -1.00. The van der Waals surface area contributed by atoms with Crippen molar-refractivity contribution in [3.63, 3.8) is 0 Å². The third-order valence-electron chi connectivity index (χ3n) is 3.17. The fraction of sp³-hybridized carbons (Fsp3) is 0.667. The van der Waals surface area contributed by atoms with Gasteiger partial charge in [-0.25, -0.2) is 4.39 Å². The van der Waals surface area contributed by atoms with Crippen LogP contribution in [-0.4, -0.2) is 10.2 Å². The van der Waals surface area contributed by atoms with Crippen molar-refractivity contribution < 1.29 is 13.2 Å². The van der Waals surface area contributed by atoms with Crippen LogP contribution in [0.5, 0.6) is 0 Å². The predicted octanol–water partition coefficient (Wildman–Crippen LogP) is 2.65. The van der Waals surface area contributed by atoms with Crippen molar-refractivity contribution in [3.8, 4) is 0 Å². The summed E-state index contributed by atoms with van der Waals surface area (Å²) in [4.78, 5) is 0. The number of rotatable bonds is 1. The molecule has 3 unspecified atom stereocenters. The van der Waals surface area contributed by atoms with E-state index in [1.54, 1.807) is 0 Å². The molecule has 0 amide bonds. The Morgan fingerprint density at radius 3 is 2.93 bits per heavy atom. The van der Waals surface area contributed by atoms with Gasteiger partial charge in [-0.3, -0.25) is 5.10 Å². The fourth-order valence-electron chi connectivity index (χ4n) is 2.40. The van der Waals surface area contributed by atoms with Crippen LogP contribution < -0.4 is 0 Å². The first-order valence-electron chi connectivity index (χ1n) is 4.64. The van der Waals surface area contributed by atoms with E-state index in [4.69, 9.17) is 0 Å². The molecule has 1 fully saturated rings. The van der Waals surface area contributed by atoms with Crippen LogP contribution in [-0.2, 0) is 5.92 Å². The van der Waals surface area contributed by atoms with Gasteiger partial charge in [-0.05, 0) is 19.3 Å². The van der Waals surface area contributed by atoms with Crippen LogP contribution in [0.15, 0.2) is 0 Å². The highest BCUT2D eigenvalue weighted by molar-refractivity contribution is 5.45. The van der Waals surface area contributed by atoms with Crippen molar-refractivity contribution in [1.29, 1.82) is 0 Å². The second-order valence-electron chi connectivity index (χ2n) is 4.09. The van der Waals surface area contributed by atoms with Crippen LogP contribution in [0.3, 0.4) is 0 Å². The Balaban J connectivity index is 2.17. The lowest BCUT2D eigenvalue weighted by Gasteiger charge is -2.09. The lowest BCUT2D eigenvalue weighted by atomic mass is 10.1. The Kier molecular flexibility index (Phi) is 1.28. The number of halogens is 3. The lowest BCUT2D eigenvalue weighted by Crippen LogP contribution is -2.13. The van der Waals surface area contributed by atoms with Crippen molar-refractivity contribution in [2.45, 2.75) is 31.4 Å². The maximum Gasteiger partial charge on any atom is 0.292 e. The minimum atomic E-state index is -2.82. The molecule has 1 N–H and O–H groups in total. The largest absolute Gasteiger partial charge is 0.292 e. The number of aromatic amines is 1. The summed E-state index contributed by atoms with van der Waals surface area (Å²) in [6.07, 6.45) is -0.802. The van der Waals surface area contributed by atoms with Gasteiger partial charge in [0.15, 0.2) is 0 Å². The molecule has 1 saturated carbocycles. The zero-order chi connectivity index (χ0) is 10.1. The number of alkyl halides is 3. The zero-order valence-electron chi connectivity index (χ0n) is 7.52. The summed E-state index contributed by atoms with van der Waals surface area (Å²) in [5.41, 5.74) is 0.456. The van der Waals surface area contributed by atoms with E-state index in [2.05, 4.69) is 10.2 Å². The molecule has 2 nitrogen and oxygen atoms in total. The van der Waals surface area contributed by atoms with E-state index in [0.717, 1.165) is 0 Å². The molecular weight excluding hydrogens is 193 g/mol. The summed E-state index contributed by atoms with van der Waals surface area (Å²) < 4.78 is 39.9. The molecule has 0 spiro atoms. The van der Waals surface area contributed by atoms with Gasteiger partial charge in [0.2, 0.25) is 0 Å². The Morgan fingerprint density at radius 1 is 1.57 bits per heavy atom. The van der Waals surface area contributed by atoms with E-state index in [0.29, 0.717) is 12.0 Å². The molecule has 1 aromatic rings. The molecule has 0 saturated heterocycles. The van der Waals surface area contributed by atoms with Gasteiger partial charge in [0.25, 0.3) is 5.92 Å². The molecule has 2 aliphatic carbocycles. The first kappa shape index (κ1) is 8.32. The van der Waals surface area contributed by atoms with Crippen molar-refractivity contribution in [3.05, 3.63) is 17.0 Å².